The first kappa shape index (κ1) is 15.8. The van der Waals surface area contributed by atoms with E-state index in [0.29, 0.717) is 24.8 Å². The van der Waals surface area contributed by atoms with Crippen molar-refractivity contribution >= 4 is 33.4 Å². The zero-order valence-electron chi connectivity index (χ0n) is 14.7. The highest BCUT2D eigenvalue weighted by molar-refractivity contribution is 6.14. The summed E-state index contributed by atoms with van der Waals surface area (Å²) in [5, 5.41) is 2.18. The lowest BCUT2D eigenvalue weighted by Crippen LogP contribution is -2.44. The highest BCUT2D eigenvalue weighted by atomic mass is 19.1. The van der Waals surface area contributed by atoms with E-state index >= 15 is 0 Å². The Bertz CT molecular complexity index is 946. The van der Waals surface area contributed by atoms with Crippen LogP contribution in [0.4, 0.5) is 15.9 Å². The second-order valence-corrected chi connectivity index (χ2v) is 7.40. The molecule has 1 atom stereocenters. The average molecular weight is 354 g/mol. The van der Waals surface area contributed by atoms with Crippen LogP contribution in [0, 0.1) is 0 Å². The minimum absolute atomic E-state index is 0.477. The Labute approximate surface area is 151 Å². The molecule has 3 N–H and O–H groups in total. The van der Waals surface area contributed by atoms with Crippen LogP contribution in [0.2, 0.25) is 0 Å². The van der Waals surface area contributed by atoms with Crippen LogP contribution in [0.5, 0.6) is 0 Å². The molecule has 0 bridgehead atoms. The maximum absolute atomic E-state index is 13.5. The van der Waals surface area contributed by atoms with E-state index in [0.717, 1.165) is 60.1 Å². The summed E-state index contributed by atoms with van der Waals surface area (Å²) in [4.78, 5) is 16.8. The lowest BCUT2D eigenvalue weighted by molar-refractivity contribution is 0.192. The first-order chi connectivity index (χ1) is 12.7. The van der Waals surface area contributed by atoms with Crippen LogP contribution in [0.1, 0.15) is 19.3 Å². The van der Waals surface area contributed by atoms with Gasteiger partial charge in [0, 0.05) is 49.2 Å². The molecule has 2 aliphatic heterocycles. The Morgan fingerprint density at radius 1 is 1.15 bits per heavy atom. The van der Waals surface area contributed by atoms with E-state index in [1.807, 2.05) is 6.07 Å². The fourth-order valence-corrected chi connectivity index (χ4v) is 4.57. The molecule has 0 unspecified atom stereocenters. The molecule has 0 aromatic carbocycles. The predicted octanol–water partition coefficient (Wildman–Crippen LogP) is 2.71. The maximum atomic E-state index is 13.5. The number of piperidine rings is 1. The van der Waals surface area contributed by atoms with Crippen LogP contribution in [-0.2, 0) is 0 Å². The van der Waals surface area contributed by atoms with Gasteiger partial charge in [-0.2, -0.15) is 0 Å². The van der Waals surface area contributed by atoms with Gasteiger partial charge in [-0.3, -0.25) is 4.90 Å². The molecule has 5 heterocycles. The molecule has 6 nitrogen and oxygen atoms in total. The lowest BCUT2D eigenvalue weighted by atomic mass is 10.0. The normalized spacial score (nSPS) is 22.7. The van der Waals surface area contributed by atoms with Gasteiger partial charge in [0.1, 0.15) is 17.6 Å². The van der Waals surface area contributed by atoms with E-state index < -0.39 is 6.17 Å². The Morgan fingerprint density at radius 2 is 2.00 bits per heavy atom. The molecule has 26 heavy (non-hydrogen) atoms. The summed E-state index contributed by atoms with van der Waals surface area (Å²) in [6, 6.07) is 4.50. The Balaban J connectivity index is 1.47. The topological polar surface area (TPSA) is 74.1 Å². The summed E-state index contributed by atoms with van der Waals surface area (Å²) in [5.41, 5.74) is 9.12. The van der Waals surface area contributed by atoms with Crippen molar-refractivity contribution in [3.05, 3.63) is 24.5 Å². The van der Waals surface area contributed by atoms with E-state index in [-0.39, 0.29) is 0 Å². The van der Waals surface area contributed by atoms with Gasteiger partial charge in [-0.1, -0.05) is 0 Å². The van der Waals surface area contributed by atoms with Crippen LogP contribution in [-0.4, -0.2) is 58.2 Å². The number of fused-ring (bicyclic) bond motifs is 3. The summed E-state index contributed by atoms with van der Waals surface area (Å²) in [7, 11) is 0. The largest absolute Gasteiger partial charge is 0.382 e. The molecule has 2 saturated heterocycles. The maximum Gasteiger partial charge on any atom is 0.147 e. The van der Waals surface area contributed by atoms with Crippen LogP contribution in [0.15, 0.2) is 24.5 Å². The molecule has 0 amide bonds. The number of nitrogen functional groups attached to an aromatic ring is 1. The smallest absolute Gasteiger partial charge is 0.147 e. The molecule has 3 aromatic rings. The van der Waals surface area contributed by atoms with Gasteiger partial charge < -0.3 is 15.6 Å². The highest BCUT2D eigenvalue weighted by Crippen LogP contribution is 2.37. The summed E-state index contributed by atoms with van der Waals surface area (Å²) >= 11 is 0. The van der Waals surface area contributed by atoms with Crippen molar-refractivity contribution in [3.8, 4) is 0 Å². The summed E-state index contributed by atoms with van der Waals surface area (Å²) < 4.78 is 13.5. The number of hydrogen-bond acceptors (Lipinski definition) is 5. The number of pyridine rings is 2. The molecule has 2 aliphatic rings. The zero-order chi connectivity index (χ0) is 17.7. The molecule has 0 radical (unpaired) electrons. The monoisotopic (exact) mass is 354 g/mol. The molecule has 2 fully saturated rings. The van der Waals surface area contributed by atoms with Crippen molar-refractivity contribution in [2.45, 2.75) is 31.5 Å². The number of aromatic amines is 1. The fraction of sp³-hybridized carbons (Fsp3) is 0.474. The number of nitrogens with one attached hydrogen (secondary N) is 1. The lowest BCUT2D eigenvalue weighted by Gasteiger charge is -2.38. The van der Waals surface area contributed by atoms with Crippen molar-refractivity contribution < 1.29 is 4.39 Å². The van der Waals surface area contributed by atoms with Gasteiger partial charge in [-0.25, -0.2) is 14.4 Å². The Morgan fingerprint density at radius 3 is 2.77 bits per heavy atom. The van der Waals surface area contributed by atoms with Gasteiger partial charge in [0.05, 0.1) is 17.4 Å². The molecule has 3 aromatic heterocycles. The van der Waals surface area contributed by atoms with Crippen molar-refractivity contribution in [1.82, 2.24) is 19.9 Å². The van der Waals surface area contributed by atoms with Crippen LogP contribution in [0.25, 0.3) is 21.9 Å². The van der Waals surface area contributed by atoms with E-state index in [4.69, 9.17) is 5.73 Å². The number of aromatic nitrogens is 3. The molecule has 7 heteroatoms. The average Bonchev–Trinajstić information content (AvgIpc) is 3.26. The first-order valence-corrected chi connectivity index (χ1v) is 9.34. The number of nitrogens with two attached hydrogens (primary N) is 1. The van der Waals surface area contributed by atoms with Gasteiger partial charge in [0.15, 0.2) is 0 Å². The quantitative estimate of drug-likeness (QED) is 0.740. The minimum Gasteiger partial charge on any atom is -0.382 e. The summed E-state index contributed by atoms with van der Waals surface area (Å²) in [6.45, 7) is 3.31. The van der Waals surface area contributed by atoms with Crippen LogP contribution >= 0.6 is 0 Å². The summed E-state index contributed by atoms with van der Waals surface area (Å²) in [5.74, 6) is 0.561. The number of hydrogen-bond donors (Lipinski definition) is 2. The minimum atomic E-state index is -0.652. The number of alkyl halides is 1. The first-order valence-electron chi connectivity index (χ1n) is 9.34. The molecule has 0 spiro atoms. The van der Waals surface area contributed by atoms with E-state index in [1.165, 1.54) is 0 Å². The van der Waals surface area contributed by atoms with Gasteiger partial charge in [-0.05, 0) is 31.4 Å². The predicted molar refractivity (Wildman–Crippen MR) is 102 cm³/mol. The van der Waals surface area contributed by atoms with Crippen molar-refractivity contribution in [2.75, 3.05) is 36.8 Å². The van der Waals surface area contributed by atoms with Gasteiger partial charge in [0.2, 0.25) is 0 Å². The third kappa shape index (κ3) is 2.49. The van der Waals surface area contributed by atoms with Crippen LogP contribution in [0.3, 0.4) is 0 Å². The highest BCUT2D eigenvalue weighted by Gasteiger charge is 2.31. The van der Waals surface area contributed by atoms with E-state index in [1.54, 1.807) is 12.4 Å². The standard InChI is InChI=1S/C19H23FN6/c20-12-3-7-26(11-12)13-4-8-25(9-5-13)17-16-14-2-1-6-22-19(14)24-15(16)10-23-18(17)21/h1-2,6,10,12-13H,3-5,7-9,11H2,(H2,21,23)(H,22,24)/t12-/m1/s1. The molecule has 5 rings (SSSR count). The second kappa shape index (κ2) is 6.09. The Kier molecular flexibility index (Phi) is 3.70. The second-order valence-electron chi connectivity index (χ2n) is 7.40. The number of nitrogens with zero attached hydrogens (tertiary/aromatic N) is 4. The summed E-state index contributed by atoms with van der Waals surface area (Å²) in [6.07, 6.45) is 5.66. The van der Waals surface area contributed by atoms with Gasteiger partial charge >= 0.3 is 0 Å². The van der Waals surface area contributed by atoms with Gasteiger partial charge in [0.25, 0.3) is 0 Å². The van der Waals surface area contributed by atoms with Crippen molar-refractivity contribution in [2.24, 2.45) is 0 Å². The third-order valence-electron chi connectivity index (χ3n) is 5.87. The number of halogens is 1. The number of rotatable bonds is 2. The molecule has 0 saturated carbocycles. The SMILES string of the molecule is Nc1ncc2[nH]c3ncccc3c2c1N1CCC(N2CC[C@@H](F)C2)CC1. The van der Waals surface area contributed by atoms with E-state index in [9.17, 15) is 4.39 Å². The number of H-pyrrole nitrogens is 1. The number of likely N-dealkylation sites (tertiary alicyclic amines) is 1. The molecular formula is C19H23FN6. The zero-order valence-corrected chi connectivity index (χ0v) is 14.7. The Hall–Kier alpha value is -2.41. The third-order valence-corrected chi connectivity index (χ3v) is 5.87. The van der Waals surface area contributed by atoms with E-state index in [2.05, 4.69) is 30.8 Å². The fourth-order valence-electron chi connectivity index (χ4n) is 4.57. The van der Waals surface area contributed by atoms with Gasteiger partial charge in [-0.15, -0.1) is 0 Å². The van der Waals surface area contributed by atoms with Crippen molar-refractivity contribution in [3.63, 3.8) is 0 Å². The van der Waals surface area contributed by atoms with Crippen molar-refractivity contribution in [1.29, 1.82) is 0 Å². The molecular weight excluding hydrogens is 331 g/mol. The van der Waals surface area contributed by atoms with Crippen LogP contribution < -0.4 is 10.6 Å². The molecule has 136 valence electrons. The number of anilines is 2. The molecule has 0 aliphatic carbocycles.